The Morgan fingerprint density at radius 2 is 2.19 bits per heavy atom. The summed E-state index contributed by atoms with van der Waals surface area (Å²) >= 11 is 5.92. The van der Waals surface area contributed by atoms with E-state index >= 15 is 0 Å². The number of sulfone groups is 1. The Morgan fingerprint density at radius 1 is 1.44 bits per heavy atom. The van der Waals surface area contributed by atoms with Crippen LogP contribution >= 0.6 is 11.6 Å². The van der Waals surface area contributed by atoms with Gasteiger partial charge < -0.3 is 10.5 Å². The van der Waals surface area contributed by atoms with Crippen molar-refractivity contribution in [1.82, 2.24) is 0 Å². The van der Waals surface area contributed by atoms with E-state index in [1.54, 1.807) is 18.2 Å². The van der Waals surface area contributed by atoms with Gasteiger partial charge in [0.05, 0.1) is 22.2 Å². The maximum absolute atomic E-state index is 11.3. The van der Waals surface area contributed by atoms with Gasteiger partial charge in [-0.05, 0) is 18.6 Å². The minimum Gasteiger partial charge on any atom is -0.486 e. The lowest BCUT2D eigenvalue weighted by molar-refractivity contribution is 0.230. The fraction of sp³-hybridized carbons (Fsp3) is 0.400. The zero-order valence-corrected chi connectivity index (χ0v) is 10.1. The molecule has 2 rings (SSSR count). The van der Waals surface area contributed by atoms with Crippen molar-refractivity contribution in [3.8, 4) is 5.75 Å². The van der Waals surface area contributed by atoms with E-state index < -0.39 is 9.84 Å². The number of nitrogen functional groups attached to an aromatic ring is 1. The van der Waals surface area contributed by atoms with Crippen LogP contribution < -0.4 is 10.5 Å². The van der Waals surface area contributed by atoms with Crippen LogP contribution in [0, 0.1) is 0 Å². The van der Waals surface area contributed by atoms with E-state index in [0.29, 0.717) is 22.9 Å². The van der Waals surface area contributed by atoms with E-state index in [4.69, 9.17) is 22.1 Å². The zero-order valence-electron chi connectivity index (χ0n) is 8.52. The lowest BCUT2D eigenvalue weighted by Crippen LogP contribution is -2.18. The molecule has 1 saturated heterocycles. The monoisotopic (exact) mass is 261 g/mol. The van der Waals surface area contributed by atoms with Gasteiger partial charge in [0.15, 0.2) is 15.6 Å². The highest BCUT2D eigenvalue weighted by Crippen LogP contribution is 2.32. The first-order chi connectivity index (χ1) is 7.48. The molecule has 0 aromatic heterocycles. The predicted octanol–water partition coefficient (Wildman–Crippen LogP) is 1.49. The fourth-order valence-corrected chi connectivity index (χ4v) is 3.49. The van der Waals surface area contributed by atoms with E-state index in [1.165, 1.54) is 0 Å². The van der Waals surface area contributed by atoms with Crippen molar-refractivity contribution < 1.29 is 13.2 Å². The second-order valence-corrected chi connectivity index (χ2v) is 6.44. The van der Waals surface area contributed by atoms with Crippen LogP contribution in [-0.4, -0.2) is 26.0 Å². The molecular weight excluding hydrogens is 250 g/mol. The number of hydrogen-bond donors (Lipinski definition) is 1. The molecule has 0 aliphatic carbocycles. The summed E-state index contributed by atoms with van der Waals surface area (Å²) in [6, 6.07) is 5.05. The molecule has 16 heavy (non-hydrogen) atoms. The van der Waals surface area contributed by atoms with Crippen molar-refractivity contribution >= 4 is 27.1 Å². The Kier molecular flexibility index (Phi) is 2.99. The molecule has 88 valence electrons. The molecule has 0 bridgehead atoms. The van der Waals surface area contributed by atoms with Gasteiger partial charge in [-0.15, -0.1) is 0 Å². The second-order valence-electron chi connectivity index (χ2n) is 3.80. The van der Waals surface area contributed by atoms with Crippen LogP contribution in [0.3, 0.4) is 0 Å². The summed E-state index contributed by atoms with van der Waals surface area (Å²) in [6.45, 7) is 0. The maximum Gasteiger partial charge on any atom is 0.161 e. The number of anilines is 1. The maximum atomic E-state index is 11.3. The second kappa shape index (κ2) is 4.14. The Bertz CT molecular complexity index is 481. The molecule has 1 heterocycles. The van der Waals surface area contributed by atoms with Gasteiger partial charge >= 0.3 is 0 Å². The summed E-state index contributed by atoms with van der Waals surface area (Å²) in [5.41, 5.74) is 6.14. The number of ether oxygens (including phenoxy) is 1. The Morgan fingerprint density at radius 3 is 2.75 bits per heavy atom. The molecular formula is C10H12ClNO3S. The van der Waals surface area contributed by atoms with Gasteiger partial charge in [-0.1, -0.05) is 17.7 Å². The van der Waals surface area contributed by atoms with Gasteiger partial charge in [0.1, 0.15) is 6.10 Å². The molecule has 1 aliphatic heterocycles. The summed E-state index contributed by atoms with van der Waals surface area (Å²) in [7, 11) is -2.95. The van der Waals surface area contributed by atoms with Crippen molar-refractivity contribution in [2.75, 3.05) is 17.2 Å². The first kappa shape index (κ1) is 11.5. The smallest absolute Gasteiger partial charge is 0.161 e. The number of hydrogen-bond acceptors (Lipinski definition) is 4. The van der Waals surface area contributed by atoms with Crippen LogP contribution in [0.25, 0.3) is 0 Å². The third-order valence-electron chi connectivity index (χ3n) is 2.47. The summed E-state index contributed by atoms with van der Waals surface area (Å²) < 4.78 is 28.0. The highest BCUT2D eigenvalue weighted by Gasteiger charge is 2.30. The quantitative estimate of drug-likeness (QED) is 0.819. The number of nitrogens with two attached hydrogens (primary N) is 1. The van der Waals surface area contributed by atoms with E-state index in [0.717, 1.165) is 0 Å². The SMILES string of the molecule is Nc1cccc(Cl)c1OC1CCS(=O)(=O)C1. The molecule has 1 aromatic carbocycles. The van der Waals surface area contributed by atoms with Crippen LogP contribution in [0.1, 0.15) is 6.42 Å². The van der Waals surface area contributed by atoms with Crippen molar-refractivity contribution in [1.29, 1.82) is 0 Å². The number of benzene rings is 1. The Labute approximate surface area is 99.3 Å². The largest absolute Gasteiger partial charge is 0.486 e. The average molecular weight is 262 g/mol. The predicted molar refractivity (Wildman–Crippen MR) is 63.6 cm³/mol. The highest BCUT2D eigenvalue weighted by atomic mass is 35.5. The number of para-hydroxylation sites is 1. The molecule has 1 atom stereocenters. The molecule has 0 saturated carbocycles. The molecule has 0 amide bonds. The van der Waals surface area contributed by atoms with Gasteiger partial charge in [-0.25, -0.2) is 8.42 Å². The lowest BCUT2D eigenvalue weighted by atomic mass is 10.2. The Balaban J connectivity index is 2.16. The van der Waals surface area contributed by atoms with Crippen LogP contribution in [0.2, 0.25) is 5.02 Å². The van der Waals surface area contributed by atoms with Crippen molar-refractivity contribution in [3.63, 3.8) is 0 Å². The number of rotatable bonds is 2. The van der Waals surface area contributed by atoms with E-state index in [1.807, 2.05) is 0 Å². The Hall–Kier alpha value is -0.940. The molecule has 1 aromatic rings. The van der Waals surface area contributed by atoms with Crippen LogP contribution in [0.4, 0.5) is 5.69 Å². The molecule has 0 spiro atoms. The van der Waals surface area contributed by atoms with Crippen LogP contribution in [0.15, 0.2) is 18.2 Å². The van der Waals surface area contributed by atoms with Gasteiger partial charge in [-0.3, -0.25) is 0 Å². The summed E-state index contributed by atoms with van der Waals surface area (Å²) in [5.74, 6) is 0.589. The first-order valence-corrected chi connectivity index (χ1v) is 7.09. The molecule has 1 fully saturated rings. The molecule has 2 N–H and O–H groups in total. The van der Waals surface area contributed by atoms with Gasteiger partial charge in [0.25, 0.3) is 0 Å². The highest BCUT2D eigenvalue weighted by molar-refractivity contribution is 7.91. The minimum absolute atomic E-state index is 0.0393. The molecule has 0 radical (unpaired) electrons. The third-order valence-corrected chi connectivity index (χ3v) is 4.51. The molecule has 4 nitrogen and oxygen atoms in total. The molecule has 1 unspecified atom stereocenters. The zero-order chi connectivity index (χ0) is 11.8. The normalized spacial score (nSPS) is 23.2. The summed E-state index contributed by atoms with van der Waals surface area (Å²) in [4.78, 5) is 0. The molecule has 1 aliphatic rings. The van der Waals surface area contributed by atoms with Crippen molar-refractivity contribution in [2.45, 2.75) is 12.5 Å². The van der Waals surface area contributed by atoms with Crippen molar-refractivity contribution in [3.05, 3.63) is 23.2 Å². The topological polar surface area (TPSA) is 69.4 Å². The van der Waals surface area contributed by atoms with E-state index in [2.05, 4.69) is 0 Å². The first-order valence-electron chi connectivity index (χ1n) is 4.89. The molecule has 6 heteroatoms. The minimum atomic E-state index is -2.95. The lowest BCUT2D eigenvalue weighted by Gasteiger charge is -2.14. The third kappa shape index (κ3) is 2.41. The van der Waals surface area contributed by atoms with E-state index in [-0.39, 0.29) is 17.6 Å². The van der Waals surface area contributed by atoms with Gasteiger partial charge in [0.2, 0.25) is 0 Å². The van der Waals surface area contributed by atoms with E-state index in [9.17, 15) is 8.42 Å². The summed E-state index contributed by atoms with van der Waals surface area (Å²) in [6.07, 6.45) is 0.152. The van der Waals surface area contributed by atoms with Crippen LogP contribution in [0.5, 0.6) is 5.75 Å². The fourth-order valence-electron chi connectivity index (χ4n) is 1.67. The van der Waals surface area contributed by atoms with Gasteiger partial charge in [0, 0.05) is 0 Å². The summed E-state index contributed by atoms with van der Waals surface area (Å²) in [5, 5.41) is 0.407. The van der Waals surface area contributed by atoms with Crippen molar-refractivity contribution in [2.24, 2.45) is 0 Å². The standard InChI is InChI=1S/C10H12ClNO3S/c11-8-2-1-3-9(12)10(8)15-7-4-5-16(13,14)6-7/h1-3,7H,4-6,12H2. The number of halogens is 1. The van der Waals surface area contributed by atoms with Crippen LogP contribution in [-0.2, 0) is 9.84 Å². The average Bonchev–Trinajstić information content (AvgIpc) is 2.52. The van der Waals surface area contributed by atoms with Gasteiger partial charge in [-0.2, -0.15) is 0 Å².